The molecule has 0 radical (unpaired) electrons. The second-order valence-corrected chi connectivity index (χ2v) is 5.35. The van der Waals surface area contributed by atoms with Gasteiger partial charge in [-0.25, -0.2) is 4.98 Å². The van der Waals surface area contributed by atoms with Gasteiger partial charge in [-0.3, -0.25) is 9.89 Å². The van der Waals surface area contributed by atoms with Crippen LogP contribution >= 0.6 is 11.6 Å². The van der Waals surface area contributed by atoms with Gasteiger partial charge >= 0.3 is 0 Å². The van der Waals surface area contributed by atoms with Crippen LogP contribution in [0, 0.1) is 0 Å². The van der Waals surface area contributed by atoms with Crippen molar-refractivity contribution in [2.45, 2.75) is 19.3 Å². The van der Waals surface area contributed by atoms with Gasteiger partial charge in [-0.05, 0) is 43.5 Å². The molecule has 0 fully saturated rings. The van der Waals surface area contributed by atoms with Gasteiger partial charge in [0.25, 0.3) is 11.3 Å². The third-order valence-electron chi connectivity index (χ3n) is 3.63. The lowest BCUT2D eigenvalue weighted by Crippen LogP contribution is -2.20. The number of fused-ring (bicyclic) bond motifs is 2. The highest BCUT2D eigenvalue weighted by molar-refractivity contribution is 6.30. The molecular formula is C14H11ClN4O. The predicted molar refractivity (Wildman–Crippen MR) is 76.1 cm³/mol. The maximum Gasteiger partial charge on any atom is 0.277 e. The van der Waals surface area contributed by atoms with E-state index in [4.69, 9.17) is 11.6 Å². The Labute approximate surface area is 119 Å². The second-order valence-electron chi connectivity index (χ2n) is 4.91. The van der Waals surface area contributed by atoms with Crippen LogP contribution in [0.5, 0.6) is 0 Å². The van der Waals surface area contributed by atoms with Crippen LogP contribution in [0.25, 0.3) is 17.2 Å². The van der Waals surface area contributed by atoms with Crippen molar-refractivity contribution in [3.05, 3.63) is 50.9 Å². The topological polar surface area (TPSA) is 63.0 Å². The molecule has 1 aliphatic rings. The van der Waals surface area contributed by atoms with Gasteiger partial charge in [0.1, 0.15) is 0 Å². The number of H-pyrrole nitrogens is 1. The van der Waals surface area contributed by atoms with E-state index < -0.39 is 0 Å². The summed E-state index contributed by atoms with van der Waals surface area (Å²) >= 11 is 5.87. The number of benzene rings is 1. The first kappa shape index (κ1) is 11.7. The summed E-state index contributed by atoms with van der Waals surface area (Å²) in [5, 5.41) is 3.68. The van der Waals surface area contributed by atoms with Gasteiger partial charge in [0, 0.05) is 16.1 Å². The average molecular weight is 287 g/mol. The normalized spacial score (nSPS) is 13.8. The van der Waals surface area contributed by atoms with Crippen LogP contribution in [0.1, 0.15) is 17.7 Å². The average Bonchev–Trinajstić information content (AvgIpc) is 3.06. The maximum atomic E-state index is 12.3. The Balaban J connectivity index is 1.94. The van der Waals surface area contributed by atoms with Crippen molar-refractivity contribution in [3.8, 4) is 11.4 Å². The molecule has 5 nitrogen and oxygen atoms in total. The fourth-order valence-corrected chi connectivity index (χ4v) is 2.75. The minimum atomic E-state index is -0.0322. The van der Waals surface area contributed by atoms with E-state index in [2.05, 4.69) is 15.1 Å². The van der Waals surface area contributed by atoms with Crippen molar-refractivity contribution in [1.29, 1.82) is 0 Å². The fraction of sp³-hybridized carbons (Fsp3) is 0.214. The number of hydrogen-bond acceptors (Lipinski definition) is 3. The first-order chi connectivity index (χ1) is 9.72. The van der Waals surface area contributed by atoms with E-state index in [0.29, 0.717) is 16.6 Å². The second kappa shape index (κ2) is 4.18. The van der Waals surface area contributed by atoms with Crippen LogP contribution in [0.2, 0.25) is 5.02 Å². The molecule has 3 aromatic rings. The largest absolute Gasteiger partial charge is 0.277 e. The van der Waals surface area contributed by atoms with Gasteiger partial charge in [0.15, 0.2) is 5.82 Å². The maximum absolute atomic E-state index is 12.3. The Kier molecular flexibility index (Phi) is 2.44. The fourth-order valence-electron chi connectivity index (χ4n) is 2.62. The highest BCUT2D eigenvalue weighted by Crippen LogP contribution is 2.20. The molecule has 100 valence electrons. The molecule has 0 unspecified atom stereocenters. The Morgan fingerprint density at radius 2 is 1.95 bits per heavy atom. The molecular weight excluding hydrogens is 276 g/mol. The minimum absolute atomic E-state index is 0.0322. The summed E-state index contributed by atoms with van der Waals surface area (Å²) in [5.74, 6) is 1.05. The van der Waals surface area contributed by atoms with Crippen LogP contribution < -0.4 is 5.56 Å². The van der Waals surface area contributed by atoms with E-state index in [1.807, 2.05) is 12.1 Å². The molecule has 0 saturated carbocycles. The van der Waals surface area contributed by atoms with Gasteiger partial charge in [-0.15, -0.1) is 0 Å². The molecule has 0 aliphatic heterocycles. The summed E-state index contributed by atoms with van der Waals surface area (Å²) in [4.78, 5) is 21.2. The van der Waals surface area contributed by atoms with Gasteiger partial charge < -0.3 is 0 Å². The van der Waals surface area contributed by atoms with E-state index in [0.717, 1.165) is 36.1 Å². The van der Waals surface area contributed by atoms with Crippen LogP contribution in [-0.2, 0) is 12.8 Å². The van der Waals surface area contributed by atoms with Crippen LogP contribution in [0.3, 0.4) is 0 Å². The zero-order chi connectivity index (χ0) is 13.7. The molecule has 0 bridgehead atoms. The highest BCUT2D eigenvalue weighted by atomic mass is 35.5. The molecule has 0 spiro atoms. The lowest BCUT2D eigenvalue weighted by molar-refractivity contribution is 0.872. The molecule has 0 saturated heterocycles. The van der Waals surface area contributed by atoms with E-state index in [1.165, 1.54) is 4.52 Å². The number of nitrogens with one attached hydrogen (secondary N) is 1. The molecule has 2 aromatic heterocycles. The number of aromatic amines is 1. The number of nitrogens with zero attached hydrogens (tertiary/aromatic N) is 3. The van der Waals surface area contributed by atoms with Crippen molar-refractivity contribution in [2.75, 3.05) is 0 Å². The van der Waals surface area contributed by atoms with Crippen molar-refractivity contribution >= 4 is 17.4 Å². The SMILES string of the molecule is O=c1c2c(nc3nc(-c4ccc(Cl)cc4)[nH]n13)CCC2. The van der Waals surface area contributed by atoms with Crippen molar-refractivity contribution < 1.29 is 0 Å². The molecule has 20 heavy (non-hydrogen) atoms. The zero-order valence-electron chi connectivity index (χ0n) is 10.6. The molecule has 0 atom stereocenters. The van der Waals surface area contributed by atoms with Gasteiger partial charge in [-0.2, -0.15) is 9.50 Å². The summed E-state index contributed by atoms with van der Waals surface area (Å²) in [6.45, 7) is 0. The summed E-state index contributed by atoms with van der Waals surface area (Å²) in [5.41, 5.74) is 2.55. The van der Waals surface area contributed by atoms with Gasteiger partial charge in [0.2, 0.25) is 0 Å². The summed E-state index contributed by atoms with van der Waals surface area (Å²) in [7, 11) is 0. The Hall–Kier alpha value is -2.14. The first-order valence-electron chi connectivity index (χ1n) is 6.49. The van der Waals surface area contributed by atoms with Crippen molar-refractivity contribution in [1.82, 2.24) is 19.6 Å². The Morgan fingerprint density at radius 1 is 1.15 bits per heavy atom. The summed E-state index contributed by atoms with van der Waals surface area (Å²) in [6.07, 6.45) is 2.67. The molecule has 0 amide bonds. The summed E-state index contributed by atoms with van der Waals surface area (Å²) < 4.78 is 1.42. The van der Waals surface area contributed by atoms with E-state index in [1.54, 1.807) is 12.1 Å². The van der Waals surface area contributed by atoms with Crippen LogP contribution in [0.15, 0.2) is 29.1 Å². The third kappa shape index (κ3) is 1.67. The van der Waals surface area contributed by atoms with Crippen molar-refractivity contribution in [2.24, 2.45) is 0 Å². The van der Waals surface area contributed by atoms with Crippen LogP contribution in [0.4, 0.5) is 0 Å². The van der Waals surface area contributed by atoms with Crippen LogP contribution in [-0.4, -0.2) is 19.6 Å². The third-order valence-corrected chi connectivity index (χ3v) is 3.88. The monoisotopic (exact) mass is 286 g/mol. The number of aryl methyl sites for hydroxylation is 1. The van der Waals surface area contributed by atoms with E-state index in [-0.39, 0.29) is 5.56 Å². The van der Waals surface area contributed by atoms with Gasteiger partial charge in [-0.1, -0.05) is 11.6 Å². The molecule has 1 aromatic carbocycles. The highest BCUT2D eigenvalue weighted by Gasteiger charge is 2.20. The molecule has 1 aliphatic carbocycles. The number of rotatable bonds is 1. The quantitative estimate of drug-likeness (QED) is 0.746. The lowest BCUT2D eigenvalue weighted by atomic mass is 10.2. The molecule has 2 heterocycles. The number of aromatic nitrogens is 4. The molecule has 4 rings (SSSR count). The molecule has 6 heteroatoms. The van der Waals surface area contributed by atoms with E-state index >= 15 is 0 Å². The smallest absolute Gasteiger partial charge is 0.271 e. The Morgan fingerprint density at radius 3 is 2.75 bits per heavy atom. The standard InChI is InChI=1S/C14H11ClN4O/c15-9-6-4-8(5-7-9)12-17-14-16-11-3-1-2-10(11)13(20)19(14)18-12/h4-7H,1-3H2,(H,16,17,18). The predicted octanol–water partition coefficient (Wildman–Crippen LogP) is 2.23. The van der Waals surface area contributed by atoms with Gasteiger partial charge in [0.05, 0.1) is 5.69 Å². The van der Waals surface area contributed by atoms with E-state index in [9.17, 15) is 4.79 Å². The first-order valence-corrected chi connectivity index (χ1v) is 6.86. The zero-order valence-corrected chi connectivity index (χ0v) is 11.3. The number of halogens is 1. The number of hydrogen-bond donors (Lipinski definition) is 1. The summed E-state index contributed by atoms with van der Waals surface area (Å²) in [6, 6.07) is 7.30. The minimum Gasteiger partial charge on any atom is -0.271 e. The Bertz CT molecular complexity index is 863. The molecule has 1 N–H and O–H groups in total. The lowest BCUT2D eigenvalue weighted by Gasteiger charge is -1.97. The van der Waals surface area contributed by atoms with Crippen molar-refractivity contribution in [3.63, 3.8) is 0 Å².